The van der Waals surface area contributed by atoms with Gasteiger partial charge in [-0.15, -0.1) is 0 Å². The van der Waals surface area contributed by atoms with Crippen LogP contribution in [0.3, 0.4) is 0 Å². The lowest BCUT2D eigenvalue weighted by Gasteiger charge is -2.23. The second kappa shape index (κ2) is 5.04. The summed E-state index contributed by atoms with van der Waals surface area (Å²) in [5, 5.41) is 8.88. The minimum absolute atomic E-state index is 0.00819. The molecule has 0 spiro atoms. The summed E-state index contributed by atoms with van der Waals surface area (Å²) >= 11 is 0. The van der Waals surface area contributed by atoms with Gasteiger partial charge in [0.2, 0.25) is 6.29 Å². The highest BCUT2D eigenvalue weighted by molar-refractivity contribution is 5.05. The summed E-state index contributed by atoms with van der Waals surface area (Å²) in [5.41, 5.74) is 0. The van der Waals surface area contributed by atoms with Crippen molar-refractivity contribution in [3.8, 4) is 0 Å². The zero-order valence-electron chi connectivity index (χ0n) is 8.01. The number of hydrogen-bond acceptors (Lipinski definition) is 3. The maximum atomic E-state index is 8.88. The SMILES string of the molecule is CC(CO)[C@H](C)O[C@@H]1C=CC=CO1. The van der Waals surface area contributed by atoms with E-state index < -0.39 is 0 Å². The highest BCUT2D eigenvalue weighted by atomic mass is 16.7. The van der Waals surface area contributed by atoms with Crippen molar-refractivity contribution in [2.24, 2.45) is 5.92 Å². The third kappa shape index (κ3) is 3.20. The lowest BCUT2D eigenvalue weighted by atomic mass is 10.1. The first kappa shape index (κ1) is 10.3. The molecule has 0 aromatic rings. The molecule has 0 bridgehead atoms. The Morgan fingerprint density at radius 2 is 2.23 bits per heavy atom. The first-order valence-electron chi connectivity index (χ1n) is 4.49. The van der Waals surface area contributed by atoms with Gasteiger partial charge in [0.15, 0.2) is 0 Å². The van der Waals surface area contributed by atoms with E-state index in [9.17, 15) is 0 Å². The van der Waals surface area contributed by atoms with Gasteiger partial charge in [-0.1, -0.05) is 13.0 Å². The molecule has 0 aromatic heterocycles. The van der Waals surface area contributed by atoms with Crippen LogP contribution in [0.15, 0.2) is 24.5 Å². The first-order chi connectivity index (χ1) is 6.24. The Morgan fingerprint density at radius 1 is 1.46 bits per heavy atom. The summed E-state index contributed by atoms with van der Waals surface area (Å²) < 4.78 is 10.7. The van der Waals surface area contributed by atoms with Crippen molar-refractivity contribution in [1.29, 1.82) is 0 Å². The standard InChI is InChI=1S/C10H16O3/c1-8(7-11)9(2)13-10-5-3-4-6-12-10/h3-6,8-11H,7H2,1-2H3/t8?,9-,10+/m0/s1. The molecule has 1 N–H and O–H groups in total. The number of aliphatic hydroxyl groups is 1. The van der Waals surface area contributed by atoms with Crippen LogP contribution in [0, 0.1) is 5.92 Å². The largest absolute Gasteiger partial charge is 0.469 e. The van der Waals surface area contributed by atoms with Crippen LogP contribution < -0.4 is 0 Å². The molecule has 0 fully saturated rings. The molecular formula is C10H16O3. The minimum Gasteiger partial charge on any atom is -0.469 e. The smallest absolute Gasteiger partial charge is 0.219 e. The topological polar surface area (TPSA) is 38.7 Å². The molecule has 0 radical (unpaired) electrons. The van der Waals surface area contributed by atoms with E-state index in [1.54, 1.807) is 12.3 Å². The average Bonchev–Trinajstić information content (AvgIpc) is 2.18. The van der Waals surface area contributed by atoms with Crippen LogP contribution in [-0.2, 0) is 9.47 Å². The van der Waals surface area contributed by atoms with Gasteiger partial charge in [-0.05, 0) is 19.1 Å². The number of aliphatic hydroxyl groups excluding tert-OH is 1. The van der Waals surface area contributed by atoms with Gasteiger partial charge >= 0.3 is 0 Å². The second-order valence-corrected chi connectivity index (χ2v) is 3.22. The van der Waals surface area contributed by atoms with E-state index in [2.05, 4.69) is 0 Å². The van der Waals surface area contributed by atoms with Gasteiger partial charge in [0.1, 0.15) is 0 Å². The Balaban J connectivity index is 2.31. The van der Waals surface area contributed by atoms with Crippen molar-refractivity contribution in [3.05, 3.63) is 24.5 Å². The summed E-state index contributed by atoms with van der Waals surface area (Å²) in [6.45, 7) is 4.00. The van der Waals surface area contributed by atoms with Gasteiger partial charge in [-0.3, -0.25) is 0 Å². The van der Waals surface area contributed by atoms with Crippen molar-refractivity contribution in [1.82, 2.24) is 0 Å². The molecule has 1 aliphatic rings. The number of allylic oxidation sites excluding steroid dienone is 2. The molecule has 74 valence electrons. The van der Waals surface area contributed by atoms with E-state index >= 15 is 0 Å². The van der Waals surface area contributed by atoms with Crippen molar-refractivity contribution in [2.45, 2.75) is 26.2 Å². The Bertz CT molecular complexity index is 198. The Kier molecular flexibility index (Phi) is 3.99. The average molecular weight is 184 g/mol. The normalized spacial score (nSPS) is 25.3. The zero-order chi connectivity index (χ0) is 9.68. The molecule has 0 aromatic carbocycles. The molecular weight excluding hydrogens is 168 g/mol. The van der Waals surface area contributed by atoms with Gasteiger partial charge in [-0.25, -0.2) is 0 Å². The Morgan fingerprint density at radius 3 is 2.77 bits per heavy atom. The lowest BCUT2D eigenvalue weighted by molar-refractivity contribution is -0.125. The molecule has 1 aliphatic heterocycles. The first-order valence-corrected chi connectivity index (χ1v) is 4.49. The molecule has 0 amide bonds. The van der Waals surface area contributed by atoms with E-state index in [1.165, 1.54) is 0 Å². The third-order valence-corrected chi connectivity index (χ3v) is 2.11. The van der Waals surface area contributed by atoms with E-state index in [-0.39, 0.29) is 24.9 Å². The van der Waals surface area contributed by atoms with Gasteiger partial charge < -0.3 is 14.6 Å². The molecule has 1 unspecified atom stereocenters. The van der Waals surface area contributed by atoms with E-state index in [0.29, 0.717) is 0 Å². The van der Waals surface area contributed by atoms with Crippen LogP contribution in [0.5, 0.6) is 0 Å². The fourth-order valence-corrected chi connectivity index (χ4v) is 0.940. The van der Waals surface area contributed by atoms with Gasteiger partial charge in [0, 0.05) is 12.5 Å². The monoisotopic (exact) mass is 184 g/mol. The molecule has 0 saturated heterocycles. The molecule has 1 heterocycles. The molecule has 3 atom stereocenters. The van der Waals surface area contributed by atoms with E-state index in [1.807, 2.05) is 26.0 Å². The van der Waals surface area contributed by atoms with Crippen molar-refractivity contribution < 1.29 is 14.6 Å². The van der Waals surface area contributed by atoms with Crippen molar-refractivity contribution in [3.63, 3.8) is 0 Å². The van der Waals surface area contributed by atoms with Crippen LogP contribution >= 0.6 is 0 Å². The predicted octanol–water partition coefficient (Wildman–Crippen LogP) is 1.45. The predicted molar refractivity (Wildman–Crippen MR) is 49.9 cm³/mol. The van der Waals surface area contributed by atoms with Crippen molar-refractivity contribution in [2.75, 3.05) is 6.61 Å². The van der Waals surface area contributed by atoms with Crippen molar-refractivity contribution >= 4 is 0 Å². The van der Waals surface area contributed by atoms with Crippen LogP contribution in [0.4, 0.5) is 0 Å². The van der Waals surface area contributed by atoms with Gasteiger partial charge in [-0.2, -0.15) is 0 Å². The lowest BCUT2D eigenvalue weighted by Crippen LogP contribution is -2.27. The maximum absolute atomic E-state index is 8.88. The molecule has 0 saturated carbocycles. The van der Waals surface area contributed by atoms with Crippen LogP contribution in [-0.4, -0.2) is 24.1 Å². The highest BCUT2D eigenvalue weighted by Crippen LogP contribution is 2.12. The maximum Gasteiger partial charge on any atom is 0.219 e. The van der Waals surface area contributed by atoms with Gasteiger partial charge in [0.25, 0.3) is 0 Å². The quantitative estimate of drug-likeness (QED) is 0.718. The minimum atomic E-state index is -0.311. The number of ether oxygens (including phenoxy) is 2. The molecule has 3 nitrogen and oxygen atoms in total. The fraction of sp³-hybridized carbons (Fsp3) is 0.600. The van der Waals surface area contributed by atoms with E-state index in [4.69, 9.17) is 14.6 Å². The molecule has 1 rings (SSSR count). The fourth-order valence-electron chi connectivity index (χ4n) is 0.940. The summed E-state index contributed by atoms with van der Waals surface area (Å²) in [5.74, 6) is 0.128. The zero-order valence-corrected chi connectivity index (χ0v) is 8.01. The van der Waals surface area contributed by atoms with Gasteiger partial charge in [0.05, 0.1) is 12.4 Å². The van der Waals surface area contributed by atoms with E-state index in [0.717, 1.165) is 0 Å². The molecule has 13 heavy (non-hydrogen) atoms. The summed E-state index contributed by atoms with van der Waals surface area (Å²) in [6.07, 6.45) is 6.80. The Labute approximate surface area is 78.7 Å². The molecule has 3 heteroatoms. The summed E-state index contributed by atoms with van der Waals surface area (Å²) in [7, 11) is 0. The summed E-state index contributed by atoms with van der Waals surface area (Å²) in [4.78, 5) is 0. The number of hydrogen-bond donors (Lipinski definition) is 1. The third-order valence-electron chi connectivity index (χ3n) is 2.11. The van der Waals surface area contributed by atoms with Crippen LogP contribution in [0.1, 0.15) is 13.8 Å². The Hall–Kier alpha value is -0.800. The molecule has 0 aliphatic carbocycles. The second-order valence-electron chi connectivity index (χ2n) is 3.22. The highest BCUT2D eigenvalue weighted by Gasteiger charge is 2.16. The van der Waals surface area contributed by atoms with Crippen LogP contribution in [0.25, 0.3) is 0 Å². The summed E-state index contributed by atoms with van der Waals surface area (Å²) in [6, 6.07) is 0. The van der Waals surface area contributed by atoms with Crippen LogP contribution in [0.2, 0.25) is 0 Å². The number of rotatable bonds is 4.